The Morgan fingerprint density at radius 1 is 1.42 bits per heavy atom. The third-order valence-corrected chi connectivity index (χ3v) is 2.38. The van der Waals surface area contributed by atoms with Gasteiger partial charge in [-0.05, 0) is 18.5 Å². The smallest absolute Gasteiger partial charge is 0.370 e. The number of nitrogens with zero attached hydrogens (tertiary/aromatic N) is 2. The van der Waals surface area contributed by atoms with Crippen LogP contribution in [-0.4, -0.2) is 35.7 Å². The quantitative estimate of drug-likeness (QED) is 0.742. The van der Waals surface area contributed by atoms with Gasteiger partial charge in [0.05, 0.1) is 18.8 Å². The van der Waals surface area contributed by atoms with Gasteiger partial charge in [-0.2, -0.15) is 18.3 Å². The normalized spacial score (nSPS) is 12.3. The maximum Gasteiger partial charge on any atom is 0.411 e. The van der Waals surface area contributed by atoms with Crippen LogP contribution in [0.1, 0.15) is 19.5 Å². The molecule has 0 aliphatic heterocycles. The average Bonchev–Trinajstić information content (AvgIpc) is 2.70. The minimum absolute atomic E-state index is 0.00162. The number of halogens is 3. The number of hydrogen-bond acceptors (Lipinski definition) is 3. The zero-order valence-electron chi connectivity index (χ0n) is 11.2. The Morgan fingerprint density at radius 2 is 2.16 bits per heavy atom. The SMILES string of the molecule is CC(C)CNCc1ccnn1CCOCC(F)(F)F. The van der Waals surface area contributed by atoms with Crippen molar-refractivity contribution in [3.8, 4) is 0 Å². The monoisotopic (exact) mass is 279 g/mol. The number of rotatable bonds is 8. The molecule has 4 nitrogen and oxygen atoms in total. The van der Waals surface area contributed by atoms with Crippen LogP contribution in [-0.2, 0) is 17.8 Å². The summed E-state index contributed by atoms with van der Waals surface area (Å²) in [6.45, 7) is 4.85. The predicted octanol–water partition coefficient (Wildman–Crippen LogP) is 2.21. The lowest BCUT2D eigenvalue weighted by Crippen LogP contribution is -2.23. The van der Waals surface area contributed by atoms with Gasteiger partial charge in [0, 0.05) is 12.7 Å². The van der Waals surface area contributed by atoms with E-state index in [0.717, 1.165) is 12.2 Å². The second kappa shape index (κ2) is 7.49. The highest BCUT2D eigenvalue weighted by molar-refractivity contribution is 4.99. The number of ether oxygens (including phenoxy) is 1. The largest absolute Gasteiger partial charge is 0.411 e. The first-order valence-corrected chi connectivity index (χ1v) is 6.24. The van der Waals surface area contributed by atoms with Crippen molar-refractivity contribution in [2.45, 2.75) is 33.1 Å². The van der Waals surface area contributed by atoms with E-state index in [2.05, 4.69) is 29.0 Å². The highest BCUT2D eigenvalue weighted by Gasteiger charge is 2.27. The van der Waals surface area contributed by atoms with Crippen LogP contribution in [0.2, 0.25) is 0 Å². The lowest BCUT2D eigenvalue weighted by Gasteiger charge is -2.11. The highest BCUT2D eigenvalue weighted by atomic mass is 19.4. The molecule has 1 N–H and O–H groups in total. The van der Waals surface area contributed by atoms with Crippen molar-refractivity contribution in [2.24, 2.45) is 5.92 Å². The first kappa shape index (κ1) is 16.0. The van der Waals surface area contributed by atoms with Gasteiger partial charge < -0.3 is 10.1 Å². The Hall–Kier alpha value is -1.08. The molecule has 0 unspecified atom stereocenters. The summed E-state index contributed by atoms with van der Waals surface area (Å²) in [6.07, 6.45) is -2.64. The molecule has 1 aromatic heterocycles. The average molecular weight is 279 g/mol. The van der Waals surface area contributed by atoms with Crippen LogP contribution in [0.15, 0.2) is 12.3 Å². The molecule has 0 aliphatic rings. The van der Waals surface area contributed by atoms with E-state index in [4.69, 9.17) is 0 Å². The number of alkyl halides is 3. The van der Waals surface area contributed by atoms with E-state index in [1.54, 1.807) is 10.9 Å². The van der Waals surface area contributed by atoms with Crippen molar-refractivity contribution in [1.82, 2.24) is 15.1 Å². The van der Waals surface area contributed by atoms with E-state index in [1.807, 2.05) is 6.07 Å². The molecule has 7 heteroatoms. The second-order valence-electron chi connectivity index (χ2n) is 4.74. The van der Waals surface area contributed by atoms with E-state index >= 15 is 0 Å². The van der Waals surface area contributed by atoms with E-state index < -0.39 is 12.8 Å². The van der Waals surface area contributed by atoms with Gasteiger partial charge in [-0.3, -0.25) is 4.68 Å². The fourth-order valence-electron chi connectivity index (χ4n) is 1.54. The Labute approximate surface area is 110 Å². The first-order chi connectivity index (χ1) is 8.88. The molecule has 0 spiro atoms. The van der Waals surface area contributed by atoms with Crippen LogP contribution in [0.5, 0.6) is 0 Å². The molecule has 0 radical (unpaired) electrons. The van der Waals surface area contributed by atoms with E-state index in [1.165, 1.54) is 0 Å². The molecular weight excluding hydrogens is 259 g/mol. The zero-order chi connectivity index (χ0) is 14.3. The van der Waals surface area contributed by atoms with Crippen molar-refractivity contribution < 1.29 is 17.9 Å². The van der Waals surface area contributed by atoms with Crippen LogP contribution < -0.4 is 5.32 Å². The molecule has 19 heavy (non-hydrogen) atoms. The summed E-state index contributed by atoms with van der Waals surface area (Å²) in [5.74, 6) is 0.548. The van der Waals surface area contributed by atoms with Gasteiger partial charge >= 0.3 is 6.18 Å². The van der Waals surface area contributed by atoms with Crippen LogP contribution in [0.3, 0.4) is 0 Å². The third-order valence-electron chi connectivity index (χ3n) is 2.38. The van der Waals surface area contributed by atoms with Crippen molar-refractivity contribution in [3.05, 3.63) is 18.0 Å². The fourth-order valence-corrected chi connectivity index (χ4v) is 1.54. The molecule has 1 rings (SSSR count). The van der Waals surface area contributed by atoms with Gasteiger partial charge in [0.2, 0.25) is 0 Å². The van der Waals surface area contributed by atoms with Gasteiger partial charge in [-0.15, -0.1) is 0 Å². The Balaban J connectivity index is 2.28. The van der Waals surface area contributed by atoms with Crippen molar-refractivity contribution in [3.63, 3.8) is 0 Å². The van der Waals surface area contributed by atoms with Crippen LogP contribution in [0.4, 0.5) is 13.2 Å². The summed E-state index contributed by atoms with van der Waals surface area (Å²) in [5, 5.41) is 7.32. The maximum absolute atomic E-state index is 11.9. The second-order valence-corrected chi connectivity index (χ2v) is 4.74. The lowest BCUT2D eigenvalue weighted by atomic mass is 10.2. The minimum Gasteiger partial charge on any atom is -0.370 e. The fraction of sp³-hybridized carbons (Fsp3) is 0.750. The van der Waals surface area contributed by atoms with E-state index in [-0.39, 0.29) is 6.61 Å². The van der Waals surface area contributed by atoms with Gasteiger partial charge in [-0.1, -0.05) is 13.8 Å². The minimum atomic E-state index is -4.27. The Morgan fingerprint density at radius 3 is 2.79 bits per heavy atom. The van der Waals surface area contributed by atoms with Crippen LogP contribution >= 0.6 is 0 Å². The molecule has 0 bridgehead atoms. The standard InChI is InChI=1S/C12H20F3N3O/c1-10(2)7-16-8-11-3-4-17-18(11)5-6-19-9-12(13,14)15/h3-4,10,16H,5-9H2,1-2H3. The molecule has 0 fully saturated rings. The molecule has 1 heterocycles. The predicted molar refractivity (Wildman–Crippen MR) is 65.6 cm³/mol. The third kappa shape index (κ3) is 7.17. The van der Waals surface area contributed by atoms with Gasteiger partial charge in [0.25, 0.3) is 0 Å². The molecular formula is C12H20F3N3O. The summed E-state index contributed by atoms with van der Waals surface area (Å²) in [4.78, 5) is 0. The van der Waals surface area contributed by atoms with Crippen LogP contribution in [0, 0.1) is 5.92 Å². The van der Waals surface area contributed by atoms with Gasteiger partial charge in [0.1, 0.15) is 6.61 Å². The molecule has 0 aromatic carbocycles. The summed E-state index contributed by atoms with van der Waals surface area (Å²) in [7, 11) is 0. The highest BCUT2D eigenvalue weighted by Crippen LogP contribution is 2.14. The Bertz CT molecular complexity index is 363. The van der Waals surface area contributed by atoms with E-state index in [0.29, 0.717) is 19.0 Å². The zero-order valence-corrected chi connectivity index (χ0v) is 11.2. The maximum atomic E-state index is 11.9. The molecule has 1 aromatic rings. The molecule has 0 saturated heterocycles. The first-order valence-electron chi connectivity index (χ1n) is 6.24. The molecule has 0 saturated carbocycles. The number of nitrogens with one attached hydrogen (secondary N) is 1. The van der Waals surface area contributed by atoms with Crippen molar-refractivity contribution in [1.29, 1.82) is 0 Å². The molecule has 0 amide bonds. The number of aromatic nitrogens is 2. The van der Waals surface area contributed by atoms with Crippen LogP contribution in [0.25, 0.3) is 0 Å². The summed E-state index contributed by atoms with van der Waals surface area (Å²) >= 11 is 0. The summed E-state index contributed by atoms with van der Waals surface area (Å²) in [6, 6.07) is 1.84. The topological polar surface area (TPSA) is 39.1 Å². The van der Waals surface area contributed by atoms with E-state index in [9.17, 15) is 13.2 Å². The van der Waals surface area contributed by atoms with Crippen molar-refractivity contribution >= 4 is 0 Å². The molecule has 110 valence electrons. The summed E-state index contributed by atoms with van der Waals surface area (Å²) in [5.41, 5.74) is 0.941. The summed E-state index contributed by atoms with van der Waals surface area (Å²) < 4.78 is 41.9. The molecule has 0 atom stereocenters. The number of hydrogen-bond donors (Lipinski definition) is 1. The Kier molecular flexibility index (Phi) is 6.30. The van der Waals surface area contributed by atoms with Crippen molar-refractivity contribution in [2.75, 3.05) is 19.8 Å². The van der Waals surface area contributed by atoms with Gasteiger partial charge in [-0.25, -0.2) is 0 Å². The molecule has 0 aliphatic carbocycles. The van der Waals surface area contributed by atoms with Gasteiger partial charge in [0.15, 0.2) is 0 Å². The lowest BCUT2D eigenvalue weighted by molar-refractivity contribution is -0.174.